The van der Waals surface area contributed by atoms with E-state index in [0.717, 1.165) is 11.8 Å². The predicted molar refractivity (Wildman–Crippen MR) is 52.3 cm³/mol. The highest BCUT2D eigenvalue weighted by atomic mass is 79.9. The van der Waals surface area contributed by atoms with Gasteiger partial charge in [0.2, 0.25) is 0 Å². The zero-order valence-corrected chi connectivity index (χ0v) is 8.91. The van der Waals surface area contributed by atoms with Crippen molar-refractivity contribution in [2.45, 2.75) is 19.9 Å². The Morgan fingerprint density at radius 2 is 2.46 bits per heavy atom. The van der Waals surface area contributed by atoms with Crippen LogP contribution in [0.3, 0.4) is 0 Å². The van der Waals surface area contributed by atoms with Gasteiger partial charge in [-0.15, -0.1) is 0 Å². The number of nitrogens with zero attached hydrogens (tertiary/aromatic N) is 2. The third-order valence-corrected chi connectivity index (χ3v) is 2.32. The number of halogens is 1. The SMILES string of the molecule is Cc1ncn(CCCBr)c1C(=O)O. The van der Waals surface area contributed by atoms with Crippen molar-refractivity contribution in [2.24, 2.45) is 0 Å². The number of hydrogen-bond acceptors (Lipinski definition) is 2. The van der Waals surface area contributed by atoms with E-state index in [2.05, 4.69) is 20.9 Å². The molecular weight excluding hydrogens is 236 g/mol. The van der Waals surface area contributed by atoms with E-state index in [0.29, 0.717) is 17.9 Å². The molecule has 13 heavy (non-hydrogen) atoms. The molecular formula is C8H11BrN2O2. The second-order valence-corrected chi connectivity index (χ2v) is 3.51. The first-order chi connectivity index (χ1) is 6.16. The van der Waals surface area contributed by atoms with E-state index < -0.39 is 5.97 Å². The maximum Gasteiger partial charge on any atom is 0.354 e. The second-order valence-electron chi connectivity index (χ2n) is 2.72. The molecule has 0 saturated heterocycles. The molecule has 1 rings (SSSR count). The first-order valence-electron chi connectivity index (χ1n) is 3.97. The lowest BCUT2D eigenvalue weighted by atomic mass is 10.3. The van der Waals surface area contributed by atoms with Gasteiger partial charge in [-0.2, -0.15) is 0 Å². The molecule has 0 aromatic carbocycles. The number of aryl methyl sites for hydroxylation is 2. The highest BCUT2D eigenvalue weighted by Gasteiger charge is 2.13. The summed E-state index contributed by atoms with van der Waals surface area (Å²) < 4.78 is 1.67. The summed E-state index contributed by atoms with van der Waals surface area (Å²) in [6.07, 6.45) is 2.47. The quantitative estimate of drug-likeness (QED) is 0.823. The summed E-state index contributed by atoms with van der Waals surface area (Å²) in [4.78, 5) is 14.8. The Hall–Kier alpha value is -0.840. The summed E-state index contributed by atoms with van der Waals surface area (Å²) in [5.41, 5.74) is 0.864. The molecule has 0 bridgehead atoms. The Labute approximate surface area is 84.7 Å². The van der Waals surface area contributed by atoms with Crippen LogP contribution in [0, 0.1) is 6.92 Å². The molecule has 0 fully saturated rings. The van der Waals surface area contributed by atoms with Crippen LogP contribution >= 0.6 is 15.9 Å². The van der Waals surface area contributed by atoms with Crippen LogP contribution in [0.15, 0.2) is 6.33 Å². The average molecular weight is 247 g/mol. The molecule has 1 heterocycles. The van der Waals surface area contributed by atoms with E-state index in [4.69, 9.17) is 5.11 Å². The molecule has 0 spiro atoms. The van der Waals surface area contributed by atoms with E-state index in [1.54, 1.807) is 17.8 Å². The minimum absolute atomic E-state index is 0.293. The number of carboxylic acid groups (broad SMARTS) is 1. The summed E-state index contributed by atoms with van der Waals surface area (Å²) >= 11 is 3.29. The number of imidazole rings is 1. The van der Waals surface area contributed by atoms with Gasteiger partial charge in [-0.25, -0.2) is 9.78 Å². The Kier molecular flexibility index (Phi) is 3.48. The van der Waals surface area contributed by atoms with Crippen molar-refractivity contribution in [3.63, 3.8) is 0 Å². The zero-order chi connectivity index (χ0) is 9.84. The Morgan fingerprint density at radius 3 is 3.00 bits per heavy atom. The lowest BCUT2D eigenvalue weighted by molar-refractivity contribution is 0.0684. The predicted octanol–water partition coefficient (Wildman–Crippen LogP) is 1.67. The second kappa shape index (κ2) is 4.41. The van der Waals surface area contributed by atoms with Crippen molar-refractivity contribution < 1.29 is 9.90 Å². The molecule has 1 N–H and O–H groups in total. The van der Waals surface area contributed by atoms with E-state index in [1.165, 1.54) is 0 Å². The van der Waals surface area contributed by atoms with E-state index in [1.807, 2.05) is 0 Å². The first-order valence-corrected chi connectivity index (χ1v) is 5.10. The number of hydrogen-bond donors (Lipinski definition) is 1. The molecule has 0 radical (unpaired) electrons. The summed E-state index contributed by atoms with van der Waals surface area (Å²) in [6, 6.07) is 0. The number of rotatable bonds is 4. The van der Waals surface area contributed by atoms with Crippen molar-refractivity contribution in [2.75, 3.05) is 5.33 Å². The molecule has 0 unspecified atom stereocenters. The summed E-state index contributed by atoms with van der Waals surface area (Å²) in [5, 5.41) is 9.73. The summed E-state index contributed by atoms with van der Waals surface area (Å²) in [5.74, 6) is -0.912. The normalized spacial score (nSPS) is 10.3. The molecule has 0 saturated carbocycles. The molecule has 0 aliphatic rings. The molecule has 5 heteroatoms. The van der Waals surface area contributed by atoms with Gasteiger partial charge in [-0.1, -0.05) is 15.9 Å². The Morgan fingerprint density at radius 1 is 1.77 bits per heavy atom. The van der Waals surface area contributed by atoms with Crippen LogP contribution in [0.1, 0.15) is 22.6 Å². The van der Waals surface area contributed by atoms with Gasteiger partial charge < -0.3 is 9.67 Å². The van der Waals surface area contributed by atoms with Gasteiger partial charge in [0, 0.05) is 11.9 Å². The Bertz CT molecular complexity index is 309. The molecule has 0 aliphatic heterocycles. The maximum absolute atomic E-state index is 10.8. The van der Waals surface area contributed by atoms with Crippen LogP contribution in [-0.4, -0.2) is 26.0 Å². The number of aromatic carboxylic acids is 1. The van der Waals surface area contributed by atoms with Gasteiger partial charge in [-0.05, 0) is 13.3 Å². The van der Waals surface area contributed by atoms with Crippen molar-refractivity contribution in [1.82, 2.24) is 9.55 Å². The molecule has 72 valence electrons. The fourth-order valence-electron chi connectivity index (χ4n) is 1.16. The number of alkyl halides is 1. The maximum atomic E-state index is 10.8. The molecule has 1 aromatic rings. The minimum Gasteiger partial charge on any atom is -0.477 e. The van der Waals surface area contributed by atoms with Crippen LogP contribution in [-0.2, 0) is 6.54 Å². The number of carboxylic acids is 1. The topological polar surface area (TPSA) is 55.1 Å². The third kappa shape index (κ3) is 2.30. The summed E-state index contributed by atoms with van der Waals surface area (Å²) in [7, 11) is 0. The smallest absolute Gasteiger partial charge is 0.354 e. The van der Waals surface area contributed by atoms with Crippen LogP contribution in [0.25, 0.3) is 0 Å². The molecule has 1 aromatic heterocycles. The Balaban J connectivity index is 2.87. The zero-order valence-electron chi connectivity index (χ0n) is 7.33. The highest BCUT2D eigenvalue weighted by molar-refractivity contribution is 9.09. The van der Waals surface area contributed by atoms with Crippen LogP contribution in [0.4, 0.5) is 0 Å². The molecule has 0 amide bonds. The van der Waals surface area contributed by atoms with Gasteiger partial charge in [0.1, 0.15) is 5.69 Å². The van der Waals surface area contributed by atoms with Gasteiger partial charge in [0.05, 0.1) is 12.0 Å². The lowest BCUT2D eigenvalue weighted by Gasteiger charge is -2.03. The fraction of sp³-hybridized carbons (Fsp3) is 0.500. The van der Waals surface area contributed by atoms with E-state index >= 15 is 0 Å². The minimum atomic E-state index is -0.912. The average Bonchev–Trinajstić information content (AvgIpc) is 2.43. The number of aromatic nitrogens is 2. The van der Waals surface area contributed by atoms with Crippen molar-refractivity contribution in [3.8, 4) is 0 Å². The van der Waals surface area contributed by atoms with Crippen molar-refractivity contribution in [1.29, 1.82) is 0 Å². The van der Waals surface area contributed by atoms with E-state index in [9.17, 15) is 4.79 Å². The van der Waals surface area contributed by atoms with Crippen molar-refractivity contribution >= 4 is 21.9 Å². The van der Waals surface area contributed by atoms with Gasteiger partial charge >= 0.3 is 5.97 Å². The van der Waals surface area contributed by atoms with Crippen LogP contribution in [0.2, 0.25) is 0 Å². The van der Waals surface area contributed by atoms with E-state index in [-0.39, 0.29) is 0 Å². The van der Waals surface area contributed by atoms with Gasteiger partial charge in [0.25, 0.3) is 0 Å². The molecule has 4 nitrogen and oxygen atoms in total. The third-order valence-electron chi connectivity index (χ3n) is 1.76. The molecule has 0 atom stereocenters. The van der Waals surface area contributed by atoms with Crippen molar-refractivity contribution in [3.05, 3.63) is 17.7 Å². The van der Waals surface area contributed by atoms with Gasteiger partial charge in [-0.3, -0.25) is 0 Å². The summed E-state index contributed by atoms with van der Waals surface area (Å²) in [6.45, 7) is 2.39. The lowest BCUT2D eigenvalue weighted by Crippen LogP contribution is -2.09. The number of carbonyl (C=O) groups is 1. The van der Waals surface area contributed by atoms with Gasteiger partial charge in [0.15, 0.2) is 0 Å². The van der Waals surface area contributed by atoms with Crippen LogP contribution < -0.4 is 0 Å². The standard InChI is InChI=1S/C8H11BrN2O2/c1-6-7(8(12)13)11(5-10-6)4-2-3-9/h5H,2-4H2,1H3,(H,12,13). The fourth-order valence-corrected chi connectivity index (χ4v) is 1.41. The first kappa shape index (κ1) is 10.2. The van der Waals surface area contributed by atoms with Crippen LogP contribution in [0.5, 0.6) is 0 Å². The molecule has 0 aliphatic carbocycles. The highest BCUT2D eigenvalue weighted by Crippen LogP contribution is 2.07. The largest absolute Gasteiger partial charge is 0.477 e. The monoisotopic (exact) mass is 246 g/mol.